The fraction of sp³-hybridized carbons (Fsp3) is 0.200. The molecule has 0 aliphatic heterocycles. The second-order valence-corrected chi connectivity index (χ2v) is 4.57. The van der Waals surface area contributed by atoms with E-state index in [1.807, 2.05) is 11.6 Å². The molecule has 0 unspecified atom stereocenters. The first-order valence-corrected chi connectivity index (χ1v) is 5.53. The number of aromatic nitrogens is 3. The van der Waals surface area contributed by atoms with Crippen molar-refractivity contribution in [3.8, 4) is 0 Å². The molecule has 0 saturated heterocycles. The first-order valence-electron chi connectivity index (χ1n) is 4.71. The topological polar surface area (TPSA) is 59.9 Å². The van der Waals surface area contributed by atoms with Gasteiger partial charge in [0.1, 0.15) is 10.4 Å². The van der Waals surface area contributed by atoms with Gasteiger partial charge in [-0.15, -0.1) is 11.3 Å². The Hall–Kier alpha value is -1.82. The Balaban J connectivity index is 2.32. The minimum Gasteiger partial charge on any atom is -0.465 e. The number of methoxy groups -OCH3 is 1. The second kappa shape index (κ2) is 3.08. The Bertz CT molecular complexity index is 691. The maximum atomic E-state index is 11.4. The largest absolute Gasteiger partial charge is 0.465 e. The standard InChI is InChI=1S/C10H9N3O2S/c1-13-4-11-9-7(13)8-5(12-9)3-6(16-8)10(14)15-2/h3-4,12H,1-2H3. The number of carbonyl (C=O) groups is 1. The lowest BCUT2D eigenvalue weighted by Crippen LogP contribution is -1.96. The maximum Gasteiger partial charge on any atom is 0.348 e. The van der Waals surface area contributed by atoms with Crippen molar-refractivity contribution < 1.29 is 9.53 Å². The molecule has 0 aliphatic rings. The smallest absolute Gasteiger partial charge is 0.348 e. The van der Waals surface area contributed by atoms with Crippen LogP contribution in [0.3, 0.4) is 0 Å². The number of thiophene rings is 1. The van der Waals surface area contributed by atoms with Crippen LogP contribution in [0, 0.1) is 0 Å². The van der Waals surface area contributed by atoms with Crippen LogP contribution in [0.15, 0.2) is 12.4 Å². The lowest BCUT2D eigenvalue weighted by molar-refractivity contribution is 0.0606. The molecule has 0 fully saturated rings. The van der Waals surface area contributed by atoms with Crippen molar-refractivity contribution in [1.82, 2.24) is 14.5 Å². The van der Waals surface area contributed by atoms with E-state index in [-0.39, 0.29) is 5.97 Å². The summed E-state index contributed by atoms with van der Waals surface area (Å²) in [5, 5.41) is 0. The molecule has 0 radical (unpaired) electrons. The summed E-state index contributed by atoms with van der Waals surface area (Å²) in [5.41, 5.74) is 2.80. The average molecular weight is 235 g/mol. The molecule has 5 nitrogen and oxygen atoms in total. The Kier molecular flexibility index (Phi) is 1.81. The van der Waals surface area contributed by atoms with Crippen molar-refractivity contribution in [2.24, 2.45) is 7.05 Å². The third kappa shape index (κ3) is 1.10. The van der Waals surface area contributed by atoms with Crippen molar-refractivity contribution in [1.29, 1.82) is 0 Å². The summed E-state index contributed by atoms with van der Waals surface area (Å²) in [7, 11) is 3.32. The van der Waals surface area contributed by atoms with Crippen LogP contribution in [0.25, 0.3) is 21.4 Å². The molecule has 0 aliphatic carbocycles. The highest BCUT2D eigenvalue weighted by Crippen LogP contribution is 2.32. The predicted molar refractivity (Wildman–Crippen MR) is 61.8 cm³/mol. The van der Waals surface area contributed by atoms with Crippen LogP contribution in [-0.2, 0) is 11.8 Å². The number of aryl methyl sites for hydroxylation is 1. The molecule has 3 rings (SSSR count). The van der Waals surface area contributed by atoms with E-state index in [1.54, 1.807) is 12.4 Å². The van der Waals surface area contributed by atoms with Crippen molar-refractivity contribution in [3.63, 3.8) is 0 Å². The van der Waals surface area contributed by atoms with Gasteiger partial charge in [-0.2, -0.15) is 0 Å². The molecule has 3 heterocycles. The Morgan fingerprint density at radius 3 is 3.19 bits per heavy atom. The molecule has 6 heteroatoms. The van der Waals surface area contributed by atoms with Crippen LogP contribution in [0.5, 0.6) is 0 Å². The summed E-state index contributed by atoms with van der Waals surface area (Å²) in [5.74, 6) is -0.301. The number of hydrogen-bond acceptors (Lipinski definition) is 4. The van der Waals surface area contributed by atoms with Gasteiger partial charge in [0.05, 0.1) is 23.7 Å². The van der Waals surface area contributed by atoms with E-state index in [9.17, 15) is 4.79 Å². The lowest BCUT2D eigenvalue weighted by Gasteiger charge is -1.91. The van der Waals surface area contributed by atoms with Gasteiger partial charge >= 0.3 is 5.97 Å². The number of nitrogens with one attached hydrogen (secondary N) is 1. The lowest BCUT2D eigenvalue weighted by atomic mass is 10.4. The summed E-state index contributed by atoms with van der Waals surface area (Å²) in [6, 6.07) is 1.80. The first-order chi connectivity index (χ1) is 7.70. The van der Waals surface area contributed by atoms with Crippen molar-refractivity contribution in [2.75, 3.05) is 7.11 Å². The first kappa shape index (κ1) is 9.41. The van der Waals surface area contributed by atoms with Gasteiger partial charge < -0.3 is 14.3 Å². The predicted octanol–water partition coefficient (Wildman–Crippen LogP) is 1.90. The third-order valence-corrected chi connectivity index (χ3v) is 3.65. The number of fused-ring (bicyclic) bond motifs is 3. The van der Waals surface area contributed by atoms with Gasteiger partial charge in [-0.3, -0.25) is 0 Å². The minimum atomic E-state index is -0.301. The van der Waals surface area contributed by atoms with E-state index in [0.717, 1.165) is 21.4 Å². The van der Waals surface area contributed by atoms with Crippen LogP contribution in [0.1, 0.15) is 9.67 Å². The van der Waals surface area contributed by atoms with Crippen molar-refractivity contribution >= 4 is 38.7 Å². The molecular formula is C10H9N3O2S. The van der Waals surface area contributed by atoms with Crippen molar-refractivity contribution in [2.45, 2.75) is 0 Å². The fourth-order valence-electron chi connectivity index (χ4n) is 1.78. The number of carbonyl (C=O) groups excluding carboxylic acids is 1. The molecule has 82 valence electrons. The Labute approximate surface area is 94.7 Å². The van der Waals surface area contributed by atoms with E-state index < -0.39 is 0 Å². The number of imidazole rings is 1. The molecule has 1 N–H and O–H groups in total. The zero-order valence-electron chi connectivity index (χ0n) is 8.77. The molecule has 0 amide bonds. The van der Waals surface area contributed by atoms with Gasteiger partial charge in [0.2, 0.25) is 0 Å². The quantitative estimate of drug-likeness (QED) is 0.655. The Morgan fingerprint density at radius 1 is 1.62 bits per heavy atom. The van der Waals surface area contributed by atoms with Gasteiger partial charge in [0.25, 0.3) is 0 Å². The number of hydrogen-bond donors (Lipinski definition) is 1. The number of esters is 1. The van der Waals surface area contributed by atoms with Gasteiger partial charge in [-0.05, 0) is 6.07 Å². The molecule has 3 aromatic heterocycles. The molecular weight excluding hydrogens is 226 g/mol. The highest BCUT2D eigenvalue weighted by atomic mass is 32.1. The highest BCUT2D eigenvalue weighted by Gasteiger charge is 2.16. The zero-order chi connectivity index (χ0) is 11.3. The second-order valence-electron chi connectivity index (χ2n) is 3.52. The van der Waals surface area contributed by atoms with Crippen LogP contribution >= 0.6 is 11.3 Å². The highest BCUT2D eigenvalue weighted by molar-refractivity contribution is 7.21. The normalized spacial score (nSPS) is 11.4. The van der Waals surface area contributed by atoms with Crippen LogP contribution in [0.2, 0.25) is 0 Å². The number of rotatable bonds is 1. The van der Waals surface area contributed by atoms with Gasteiger partial charge in [0.15, 0.2) is 5.65 Å². The Morgan fingerprint density at radius 2 is 2.44 bits per heavy atom. The van der Waals surface area contributed by atoms with Crippen LogP contribution < -0.4 is 0 Å². The molecule has 0 aromatic carbocycles. The van der Waals surface area contributed by atoms with E-state index >= 15 is 0 Å². The molecule has 16 heavy (non-hydrogen) atoms. The third-order valence-electron chi connectivity index (χ3n) is 2.52. The summed E-state index contributed by atoms with van der Waals surface area (Å²) in [6.45, 7) is 0. The minimum absolute atomic E-state index is 0.301. The number of aromatic amines is 1. The summed E-state index contributed by atoms with van der Waals surface area (Å²) >= 11 is 1.42. The van der Waals surface area contributed by atoms with Gasteiger partial charge in [-0.25, -0.2) is 9.78 Å². The summed E-state index contributed by atoms with van der Waals surface area (Å²) in [4.78, 5) is 19.4. The van der Waals surface area contributed by atoms with Crippen LogP contribution in [-0.4, -0.2) is 27.6 Å². The van der Waals surface area contributed by atoms with E-state index in [2.05, 4.69) is 9.97 Å². The van der Waals surface area contributed by atoms with E-state index in [1.165, 1.54) is 18.4 Å². The molecule has 3 aromatic rings. The number of nitrogens with zero attached hydrogens (tertiary/aromatic N) is 2. The van der Waals surface area contributed by atoms with Gasteiger partial charge in [0, 0.05) is 7.05 Å². The molecule has 0 saturated carbocycles. The van der Waals surface area contributed by atoms with Crippen LogP contribution in [0.4, 0.5) is 0 Å². The monoisotopic (exact) mass is 235 g/mol. The summed E-state index contributed by atoms with van der Waals surface area (Å²) in [6.07, 6.45) is 1.75. The maximum absolute atomic E-state index is 11.4. The molecule has 0 bridgehead atoms. The van der Waals surface area contributed by atoms with E-state index in [0.29, 0.717) is 4.88 Å². The molecule has 0 atom stereocenters. The fourth-order valence-corrected chi connectivity index (χ4v) is 2.90. The number of ether oxygens (including phenoxy) is 1. The molecule has 0 spiro atoms. The van der Waals surface area contributed by atoms with E-state index in [4.69, 9.17) is 4.74 Å². The number of H-pyrrole nitrogens is 1. The summed E-state index contributed by atoms with van der Waals surface area (Å²) < 4.78 is 7.67. The SMILES string of the molecule is COC(=O)c1cc2[nH]c3ncn(C)c3c2s1. The average Bonchev–Trinajstić information content (AvgIpc) is 2.88. The van der Waals surface area contributed by atoms with Gasteiger partial charge in [-0.1, -0.05) is 0 Å². The zero-order valence-corrected chi connectivity index (χ0v) is 9.59. The van der Waals surface area contributed by atoms with Crippen molar-refractivity contribution in [3.05, 3.63) is 17.3 Å².